The van der Waals surface area contributed by atoms with Crippen molar-refractivity contribution in [1.82, 2.24) is 20.3 Å². The lowest BCUT2D eigenvalue weighted by atomic mass is 10.1. The van der Waals surface area contributed by atoms with Crippen LogP contribution in [-0.2, 0) is 24.4 Å². The van der Waals surface area contributed by atoms with Crippen LogP contribution in [0.3, 0.4) is 0 Å². The standard InChI is InChI=1S/C18H20N4OS/c1-13-7-8-16(24-13)10-19-9-15-11-22-17(12-23-15)18(20-21-22)14-5-3-2-4-6-14/h2-8,15,19H,9-12H2,1H3/t15-/m0/s1. The van der Waals surface area contributed by atoms with Gasteiger partial charge in [0.25, 0.3) is 0 Å². The molecule has 0 saturated carbocycles. The SMILES string of the molecule is Cc1ccc(CNC[C@H]2Cn3nnc(-c4ccccc4)c3CO2)s1. The van der Waals surface area contributed by atoms with Crippen LogP contribution in [0.4, 0.5) is 0 Å². The summed E-state index contributed by atoms with van der Waals surface area (Å²) >= 11 is 1.83. The van der Waals surface area contributed by atoms with Gasteiger partial charge >= 0.3 is 0 Å². The van der Waals surface area contributed by atoms with E-state index in [0.29, 0.717) is 6.61 Å². The quantitative estimate of drug-likeness (QED) is 0.776. The maximum atomic E-state index is 6.01. The fourth-order valence-electron chi connectivity index (χ4n) is 2.94. The highest BCUT2D eigenvalue weighted by Crippen LogP contribution is 2.24. The molecule has 4 rings (SSSR count). The molecule has 5 nitrogen and oxygen atoms in total. The molecule has 0 spiro atoms. The van der Waals surface area contributed by atoms with Gasteiger partial charge in [-0.15, -0.1) is 16.4 Å². The van der Waals surface area contributed by atoms with Gasteiger partial charge in [0, 0.05) is 28.4 Å². The topological polar surface area (TPSA) is 52.0 Å². The molecule has 1 aliphatic heterocycles. The predicted octanol–water partition coefficient (Wildman–Crippen LogP) is 3.00. The summed E-state index contributed by atoms with van der Waals surface area (Å²) in [6.07, 6.45) is 0.129. The summed E-state index contributed by atoms with van der Waals surface area (Å²) in [5, 5.41) is 12.1. The molecule has 0 fully saturated rings. The molecular weight excluding hydrogens is 320 g/mol. The highest BCUT2D eigenvalue weighted by molar-refractivity contribution is 7.11. The third-order valence-electron chi connectivity index (χ3n) is 4.18. The Hall–Kier alpha value is -2.02. The number of ether oxygens (including phenoxy) is 1. The van der Waals surface area contributed by atoms with E-state index in [9.17, 15) is 0 Å². The first-order valence-electron chi connectivity index (χ1n) is 8.15. The van der Waals surface area contributed by atoms with E-state index in [-0.39, 0.29) is 6.10 Å². The summed E-state index contributed by atoms with van der Waals surface area (Å²) < 4.78 is 7.99. The lowest BCUT2D eigenvalue weighted by Gasteiger charge is -2.24. The molecule has 3 aromatic rings. The van der Waals surface area contributed by atoms with Crippen molar-refractivity contribution >= 4 is 11.3 Å². The van der Waals surface area contributed by atoms with Gasteiger partial charge in [-0.2, -0.15) is 0 Å². The van der Waals surface area contributed by atoms with Crippen LogP contribution < -0.4 is 5.32 Å². The van der Waals surface area contributed by atoms with Crippen LogP contribution in [0.25, 0.3) is 11.3 Å². The number of fused-ring (bicyclic) bond motifs is 1. The van der Waals surface area contributed by atoms with Gasteiger partial charge in [-0.05, 0) is 19.1 Å². The number of hydrogen-bond donors (Lipinski definition) is 1. The molecule has 0 radical (unpaired) electrons. The van der Waals surface area contributed by atoms with E-state index in [1.807, 2.05) is 34.2 Å². The molecular formula is C18H20N4OS. The number of benzene rings is 1. The van der Waals surface area contributed by atoms with Crippen molar-refractivity contribution in [2.24, 2.45) is 0 Å². The molecule has 1 N–H and O–H groups in total. The van der Waals surface area contributed by atoms with Gasteiger partial charge < -0.3 is 10.1 Å². The molecule has 2 aromatic heterocycles. The predicted molar refractivity (Wildman–Crippen MR) is 94.8 cm³/mol. The Morgan fingerprint density at radius 2 is 2.12 bits per heavy atom. The van der Waals surface area contributed by atoms with Crippen LogP contribution in [0.1, 0.15) is 15.4 Å². The third kappa shape index (κ3) is 3.26. The van der Waals surface area contributed by atoms with Gasteiger partial charge in [0.1, 0.15) is 5.69 Å². The van der Waals surface area contributed by atoms with E-state index in [4.69, 9.17) is 4.74 Å². The smallest absolute Gasteiger partial charge is 0.118 e. The van der Waals surface area contributed by atoms with Crippen LogP contribution >= 0.6 is 11.3 Å². The Labute approximate surface area is 145 Å². The summed E-state index contributed by atoms with van der Waals surface area (Å²) in [5.74, 6) is 0. The summed E-state index contributed by atoms with van der Waals surface area (Å²) in [4.78, 5) is 2.71. The average Bonchev–Trinajstić information content (AvgIpc) is 3.21. The first-order valence-corrected chi connectivity index (χ1v) is 8.96. The molecule has 6 heteroatoms. The van der Waals surface area contributed by atoms with E-state index in [0.717, 1.165) is 36.6 Å². The largest absolute Gasteiger partial charge is 0.369 e. The zero-order valence-corrected chi connectivity index (χ0v) is 14.4. The minimum Gasteiger partial charge on any atom is -0.369 e. The average molecular weight is 340 g/mol. The molecule has 1 aromatic carbocycles. The van der Waals surface area contributed by atoms with Gasteiger partial charge in [-0.3, -0.25) is 0 Å². The van der Waals surface area contributed by atoms with Crippen molar-refractivity contribution in [3.63, 3.8) is 0 Å². The first-order chi connectivity index (χ1) is 11.8. The number of aryl methyl sites for hydroxylation is 1. The number of aromatic nitrogens is 3. The Morgan fingerprint density at radius 3 is 2.92 bits per heavy atom. The molecule has 124 valence electrons. The van der Waals surface area contributed by atoms with Crippen molar-refractivity contribution in [1.29, 1.82) is 0 Å². The van der Waals surface area contributed by atoms with E-state index in [1.54, 1.807) is 0 Å². The van der Waals surface area contributed by atoms with Crippen molar-refractivity contribution in [2.75, 3.05) is 6.54 Å². The maximum Gasteiger partial charge on any atom is 0.118 e. The second kappa shape index (κ2) is 6.84. The third-order valence-corrected chi connectivity index (χ3v) is 5.19. The Balaban J connectivity index is 1.37. The van der Waals surface area contributed by atoms with Crippen LogP contribution in [0.2, 0.25) is 0 Å². The highest BCUT2D eigenvalue weighted by atomic mass is 32.1. The second-order valence-electron chi connectivity index (χ2n) is 6.01. The fraction of sp³-hybridized carbons (Fsp3) is 0.333. The minimum absolute atomic E-state index is 0.129. The van der Waals surface area contributed by atoms with E-state index in [1.165, 1.54) is 9.75 Å². The number of nitrogens with one attached hydrogen (secondary N) is 1. The molecule has 24 heavy (non-hydrogen) atoms. The fourth-order valence-corrected chi connectivity index (χ4v) is 3.80. The van der Waals surface area contributed by atoms with E-state index >= 15 is 0 Å². The van der Waals surface area contributed by atoms with E-state index < -0.39 is 0 Å². The monoisotopic (exact) mass is 340 g/mol. The molecule has 1 atom stereocenters. The summed E-state index contributed by atoms with van der Waals surface area (Å²) in [7, 11) is 0. The molecule has 0 bridgehead atoms. The van der Waals surface area contributed by atoms with Crippen LogP contribution in [0.15, 0.2) is 42.5 Å². The minimum atomic E-state index is 0.129. The first kappa shape index (κ1) is 15.5. The lowest BCUT2D eigenvalue weighted by Crippen LogP contribution is -2.36. The van der Waals surface area contributed by atoms with Crippen LogP contribution in [-0.4, -0.2) is 27.6 Å². The van der Waals surface area contributed by atoms with Gasteiger partial charge in [0.2, 0.25) is 0 Å². The van der Waals surface area contributed by atoms with Crippen LogP contribution in [0, 0.1) is 6.92 Å². The molecule has 3 heterocycles. The van der Waals surface area contributed by atoms with E-state index in [2.05, 4.69) is 46.8 Å². The van der Waals surface area contributed by atoms with Gasteiger partial charge in [-0.25, -0.2) is 4.68 Å². The number of thiophene rings is 1. The number of hydrogen-bond acceptors (Lipinski definition) is 5. The van der Waals surface area contributed by atoms with Gasteiger partial charge in [-0.1, -0.05) is 35.5 Å². The molecule has 0 saturated heterocycles. The molecule has 1 aliphatic rings. The zero-order chi connectivity index (χ0) is 16.4. The summed E-state index contributed by atoms with van der Waals surface area (Å²) in [5.41, 5.74) is 3.08. The molecule has 0 amide bonds. The Morgan fingerprint density at radius 1 is 1.25 bits per heavy atom. The van der Waals surface area contributed by atoms with Crippen molar-refractivity contribution < 1.29 is 4.74 Å². The Kier molecular flexibility index (Phi) is 4.42. The lowest BCUT2D eigenvalue weighted by molar-refractivity contribution is 0.00128. The number of rotatable bonds is 5. The van der Waals surface area contributed by atoms with Gasteiger partial charge in [0.05, 0.1) is 24.9 Å². The molecule has 0 unspecified atom stereocenters. The van der Waals surface area contributed by atoms with Crippen LogP contribution in [0.5, 0.6) is 0 Å². The summed E-state index contributed by atoms with van der Waals surface area (Å²) in [6.45, 7) is 5.14. The second-order valence-corrected chi connectivity index (χ2v) is 7.38. The van der Waals surface area contributed by atoms with Crippen molar-refractivity contribution in [3.8, 4) is 11.3 Å². The zero-order valence-electron chi connectivity index (χ0n) is 13.6. The maximum absolute atomic E-state index is 6.01. The normalized spacial score (nSPS) is 17.0. The highest BCUT2D eigenvalue weighted by Gasteiger charge is 2.24. The number of nitrogens with zero attached hydrogens (tertiary/aromatic N) is 3. The van der Waals surface area contributed by atoms with Crippen molar-refractivity contribution in [2.45, 2.75) is 32.7 Å². The summed E-state index contributed by atoms with van der Waals surface area (Å²) in [6, 6.07) is 14.5. The molecule has 0 aliphatic carbocycles. The Bertz CT molecular complexity index is 812. The van der Waals surface area contributed by atoms with Crippen molar-refractivity contribution in [3.05, 3.63) is 57.9 Å². The van der Waals surface area contributed by atoms with Gasteiger partial charge in [0.15, 0.2) is 0 Å².